The summed E-state index contributed by atoms with van der Waals surface area (Å²) in [6.07, 6.45) is 3.87. The largest absolute Gasteiger partial charge is 0.462 e. The molecular weight excluding hydrogens is 421 g/mol. The number of carbonyl (C=O) groups is 2. The van der Waals surface area contributed by atoms with Crippen molar-refractivity contribution in [2.45, 2.75) is 38.4 Å². The van der Waals surface area contributed by atoms with Gasteiger partial charge >= 0.3 is 5.97 Å². The highest BCUT2D eigenvalue weighted by molar-refractivity contribution is 7.99. The maximum absolute atomic E-state index is 13.8. The summed E-state index contributed by atoms with van der Waals surface area (Å²) in [5.41, 5.74) is 1.90. The van der Waals surface area contributed by atoms with E-state index in [1.807, 2.05) is 0 Å². The van der Waals surface area contributed by atoms with E-state index in [-0.39, 0.29) is 30.1 Å². The molecule has 1 aliphatic rings. The first-order chi connectivity index (χ1) is 13.5. The number of anilines is 1. The Morgan fingerprint density at radius 2 is 2.11 bits per heavy atom. The van der Waals surface area contributed by atoms with Gasteiger partial charge in [0.15, 0.2) is 0 Å². The van der Waals surface area contributed by atoms with E-state index in [0.717, 1.165) is 36.1 Å². The maximum atomic E-state index is 13.8. The summed E-state index contributed by atoms with van der Waals surface area (Å²) in [7, 11) is 0. The van der Waals surface area contributed by atoms with Crippen molar-refractivity contribution in [3.05, 3.63) is 50.6 Å². The van der Waals surface area contributed by atoms with Gasteiger partial charge in [-0.1, -0.05) is 17.7 Å². The van der Waals surface area contributed by atoms with Gasteiger partial charge in [0.05, 0.1) is 17.9 Å². The van der Waals surface area contributed by atoms with Crippen molar-refractivity contribution in [2.75, 3.05) is 17.7 Å². The summed E-state index contributed by atoms with van der Waals surface area (Å²) < 4.78 is 19.0. The number of hydrogen-bond donors (Lipinski definition) is 1. The normalized spacial score (nSPS) is 13.1. The molecule has 0 aliphatic heterocycles. The van der Waals surface area contributed by atoms with Crippen molar-refractivity contribution in [2.24, 2.45) is 0 Å². The summed E-state index contributed by atoms with van der Waals surface area (Å²) in [6.45, 7) is 2.05. The first-order valence-electron chi connectivity index (χ1n) is 9.13. The van der Waals surface area contributed by atoms with Crippen molar-refractivity contribution in [1.29, 1.82) is 0 Å². The fourth-order valence-corrected chi connectivity index (χ4v) is 5.61. The fourth-order valence-electron chi connectivity index (χ4n) is 3.15. The van der Waals surface area contributed by atoms with Crippen LogP contribution in [0.15, 0.2) is 18.2 Å². The summed E-state index contributed by atoms with van der Waals surface area (Å²) in [5, 5.41) is 3.76. The molecule has 28 heavy (non-hydrogen) atoms. The average molecular weight is 442 g/mol. The fraction of sp³-hybridized carbons (Fsp3) is 0.400. The van der Waals surface area contributed by atoms with Gasteiger partial charge in [-0.2, -0.15) is 0 Å². The minimum atomic E-state index is -0.386. The van der Waals surface area contributed by atoms with Crippen LogP contribution in [0.2, 0.25) is 5.02 Å². The first-order valence-corrected chi connectivity index (χ1v) is 11.5. The van der Waals surface area contributed by atoms with E-state index in [1.54, 1.807) is 19.1 Å². The number of thioether (sulfide) groups is 1. The molecule has 3 rings (SSSR count). The summed E-state index contributed by atoms with van der Waals surface area (Å²) >= 11 is 8.74. The molecule has 0 spiro atoms. The molecule has 1 heterocycles. The molecule has 2 aromatic rings. The molecular formula is C20H21ClFNO3S2. The number of rotatable bonds is 7. The molecule has 1 aliphatic carbocycles. The van der Waals surface area contributed by atoms with Crippen LogP contribution in [-0.2, 0) is 28.1 Å². The Hall–Kier alpha value is -1.57. The Balaban J connectivity index is 1.66. The van der Waals surface area contributed by atoms with Gasteiger partial charge < -0.3 is 10.1 Å². The van der Waals surface area contributed by atoms with Crippen LogP contribution in [0.4, 0.5) is 9.39 Å². The molecule has 0 atom stereocenters. The number of esters is 1. The van der Waals surface area contributed by atoms with E-state index in [1.165, 1.54) is 29.2 Å². The van der Waals surface area contributed by atoms with E-state index >= 15 is 0 Å². The zero-order valence-electron chi connectivity index (χ0n) is 15.5. The zero-order chi connectivity index (χ0) is 20.1. The lowest BCUT2D eigenvalue weighted by molar-refractivity contribution is -0.113. The lowest BCUT2D eigenvalue weighted by Crippen LogP contribution is -2.17. The number of nitrogens with one attached hydrogen (secondary N) is 1. The molecule has 150 valence electrons. The number of fused-ring (bicyclic) bond motifs is 1. The molecule has 1 aromatic carbocycles. The average Bonchev–Trinajstić information content (AvgIpc) is 3.02. The summed E-state index contributed by atoms with van der Waals surface area (Å²) in [5.74, 6) is -0.569. The van der Waals surface area contributed by atoms with Crippen LogP contribution in [0.5, 0.6) is 0 Å². The highest BCUT2D eigenvalue weighted by Crippen LogP contribution is 2.38. The molecule has 0 unspecified atom stereocenters. The van der Waals surface area contributed by atoms with Crippen LogP contribution in [0.25, 0.3) is 0 Å². The number of thiophene rings is 1. The quantitative estimate of drug-likeness (QED) is 0.579. The van der Waals surface area contributed by atoms with Crippen LogP contribution >= 0.6 is 34.7 Å². The molecule has 0 saturated heterocycles. The number of halogens is 2. The second-order valence-corrected chi connectivity index (χ2v) is 8.87. The Morgan fingerprint density at radius 3 is 2.86 bits per heavy atom. The Bertz CT molecular complexity index is 864. The standard InChI is InChI=1S/C20H21ClFNO3S2/c1-2-26-20(25)18-12-6-3-4-9-16(12)28-19(18)23-17(24)11-27-10-13-14(21)7-5-8-15(13)22/h5,7-8H,2-4,6,9-11H2,1H3,(H,23,24). The number of carbonyl (C=O) groups excluding carboxylic acids is 2. The minimum absolute atomic E-state index is 0.134. The number of ether oxygens (including phenoxy) is 1. The number of hydrogen-bond acceptors (Lipinski definition) is 5. The van der Waals surface area contributed by atoms with Gasteiger partial charge in [-0.25, -0.2) is 9.18 Å². The van der Waals surface area contributed by atoms with E-state index in [2.05, 4.69) is 5.32 Å². The molecule has 8 heteroatoms. The van der Waals surface area contributed by atoms with Crippen molar-refractivity contribution in [1.82, 2.24) is 0 Å². The van der Waals surface area contributed by atoms with Crippen LogP contribution in [-0.4, -0.2) is 24.2 Å². The van der Waals surface area contributed by atoms with Gasteiger partial charge in [0, 0.05) is 21.2 Å². The Morgan fingerprint density at radius 1 is 1.32 bits per heavy atom. The van der Waals surface area contributed by atoms with Gasteiger partial charge in [-0.15, -0.1) is 23.1 Å². The van der Waals surface area contributed by atoms with Crippen LogP contribution in [0.3, 0.4) is 0 Å². The number of amides is 1. The van der Waals surface area contributed by atoms with Gasteiger partial charge in [0.1, 0.15) is 10.8 Å². The number of aryl methyl sites for hydroxylation is 1. The van der Waals surface area contributed by atoms with Crippen molar-refractivity contribution in [3.63, 3.8) is 0 Å². The van der Waals surface area contributed by atoms with E-state index in [9.17, 15) is 14.0 Å². The SMILES string of the molecule is CCOC(=O)c1c(NC(=O)CSCc2c(F)cccc2Cl)sc2c1CCCC2. The van der Waals surface area contributed by atoms with E-state index < -0.39 is 0 Å². The minimum Gasteiger partial charge on any atom is -0.462 e. The smallest absolute Gasteiger partial charge is 0.341 e. The molecule has 1 amide bonds. The van der Waals surface area contributed by atoms with Gasteiger partial charge in [0.25, 0.3) is 0 Å². The van der Waals surface area contributed by atoms with Crippen molar-refractivity contribution in [3.8, 4) is 0 Å². The molecule has 4 nitrogen and oxygen atoms in total. The lowest BCUT2D eigenvalue weighted by Gasteiger charge is -2.12. The Labute approximate surface area is 176 Å². The number of benzene rings is 1. The van der Waals surface area contributed by atoms with Crippen LogP contribution in [0, 0.1) is 5.82 Å². The molecule has 0 saturated carbocycles. The summed E-state index contributed by atoms with van der Waals surface area (Å²) in [4.78, 5) is 26.0. The molecule has 0 bridgehead atoms. The molecule has 0 radical (unpaired) electrons. The van der Waals surface area contributed by atoms with E-state index in [4.69, 9.17) is 16.3 Å². The molecule has 0 fully saturated rings. The maximum Gasteiger partial charge on any atom is 0.341 e. The monoisotopic (exact) mass is 441 g/mol. The highest BCUT2D eigenvalue weighted by atomic mass is 35.5. The first kappa shape index (κ1) is 21.1. The van der Waals surface area contributed by atoms with Gasteiger partial charge in [-0.3, -0.25) is 4.79 Å². The van der Waals surface area contributed by atoms with E-state index in [0.29, 0.717) is 26.9 Å². The third-order valence-electron chi connectivity index (χ3n) is 4.45. The molecule has 1 aromatic heterocycles. The topological polar surface area (TPSA) is 55.4 Å². The van der Waals surface area contributed by atoms with Crippen molar-refractivity contribution < 1.29 is 18.7 Å². The van der Waals surface area contributed by atoms with Gasteiger partial charge in [-0.05, 0) is 50.3 Å². The highest BCUT2D eigenvalue weighted by Gasteiger charge is 2.27. The predicted molar refractivity (Wildman–Crippen MR) is 113 cm³/mol. The van der Waals surface area contributed by atoms with Crippen LogP contribution < -0.4 is 5.32 Å². The zero-order valence-corrected chi connectivity index (χ0v) is 17.9. The third-order valence-corrected chi connectivity index (χ3v) is 6.97. The third kappa shape index (κ3) is 4.88. The summed E-state index contributed by atoms with van der Waals surface area (Å²) in [6, 6.07) is 4.53. The van der Waals surface area contributed by atoms with Crippen LogP contribution in [0.1, 0.15) is 46.1 Å². The Kier molecular flexibility index (Phi) is 7.37. The second-order valence-electron chi connectivity index (χ2n) is 6.38. The van der Waals surface area contributed by atoms with Crippen molar-refractivity contribution >= 4 is 51.6 Å². The second kappa shape index (κ2) is 9.76. The molecule has 1 N–H and O–H groups in total. The predicted octanol–water partition coefficient (Wildman–Crippen LogP) is 5.47. The lowest BCUT2D eigenvalue weighted by atomic mass is 9.95. The van der Waals surface area contributed by atoms with Gasteiger partial charge in [0.2, 0.25) is 5.91 Å².